The summed E-state index contributed by atoms with van der Waals surface area (Å²) in [6.45, 7) is 2.06. The number of rotatable bonds is 5. The Morgan fingerprint density at radius 2 is 2.21 bits per heavy atom. The highest BCUT2D eigenvalue weighted by atomic mass is 19.1. The number of halogens is 1. The van der Waals surface area contributed by atoms with Crippen molar-refractivity contribution in [2.75, 3.05) is 12.4 Å². The molecule has 0 saturated carbocycles. The van der Waals surface area contributed by atoms with Crippen LogP contribution < -0.4 is 5.32 Å². The number of aryl methyl sites for hydroxylation is 1. The second kappa shape index (κ2) is 7.20. The molecule has 0 aliphatic rings. The van der Waals surface area contributed by atoms with Crippen LogP contribution in [0.5, 0.6) is 0 Å². The highest BCUT2D eigenvalue weighted by Gasteiger charge is 2.18. The van der Waals surface area contributed by atoms with Crippen LogP contribution in [0.3, 0.4) is 0 Å². The number of anilines is 1. The number of benzene rings is 1. The number of fused-ring (bicyclic) bond motifs is 1. The second-order valence-electron chi connectivity index (χ2n) is 6.10. The Bertz CT molecular complexity index is 1170. The van der Waals surface area contributed by atoms with Crippen LogP contribution in [0, 0.1) is 12.7 Å². The van der Waals surface area contributed by atoms with Crippen LogP contribution in [0.2, 0.25) is 0 Å². The third-order valence-electron chi connectivity index (χ3n) is 4.14. The third-order valence-corrected chi connectivity index (χ3v) is 4.14. The molecule has 0 saturated heterocycles. The van der Waals surface area contributed by atoms with Gasteiger partial charge >= 0.3 is 0 Å². The molecule has 3 heterocycles. The summed E-state index contributed by atoms with van der Waals surface area (Å²) in [5, 5.41) is 6.29. The van der Waals surface area contributed by atoms with Crippen molar-refractivity contribution in [3.8, 4) is 11.4 Å². The first-order chi connectivity index (χ1) is 13.6. The maximum absolute atomic E-state index is 14.8. The largest absolute Gasteiger partial charge is 0.380 e. The summed E-state index contributed by atoms with van der Waals surface area (Å²) in [6.07, 6.45) is 3.16. The third kappa shape index (κ3) is 3.23. The van der Waals surface area contributed by atoms with Gasteiger partial charge in [-0.15, -0.1) is 0 Å². The molecule has 1 amide bonds. The van der Waals surface area contributed by atoms with E-state index in [1.807, 2.05) is 12.1 Å². The van der Waals surface area contributed by atoms with Gasteiger partial charge in [0.15, 0.2) is 5.82 Å². The zero-order chi connectivity index (χ0) is 19.7. The molecule has 0 bridgehead atoms. The van der Waals surface area contributed by atoms with E-state index in [4.69, 9.17) is 9.26 Å². The molecule has 0 aliphatic carbocycles. The number of nitrogens with one attached hydrogen (secondary N) is 1. The van der Waals surface area contributed by atoms with E-state index in [-0.39, 0.29) is 22.8 Å². The number of hydrogen-bond acceptors (Lipinski definition) is 6. The fourth-order valence-corrected chi connectivity index (χ4v) is 2.84. The molecule has 9 heteroatoms. The second-order valence-corrected chi connectivity index (χ2v) is 6.10. The zero-order valence-corrected chi connectivity index (χ0v) is 15.1. The summed E-state index contributed by atoms with van der Waals surface area (Å²) in [7, 11) is 1.60. The SMILES string of the molecule is COCc1ccn2c(C(=O)Nc3cccc(-c4noc(C)n4)c3F)cnc2c1. The Labute approximate surface area is 159 Å². The average Bonchev–Trinajstić information content (AvgIpc) is 3.29. The molecule has 0 atom stereocenters. The molecule has 1 aromatic carbocycles. The van der Waals surface area contributed by atoms with Crippen LogP contribution in [0.1, 0.15) is 21.9 Å². The minimum absolute atomic E-state index is 0.0101. The Balaban J connectivity index is 1.63. The van der Waals surface area contributed by atoms with Gasteiger partial charge in [0, 0.05) is 20.2 Å². The Kier molecular flexibility index (Phi) is 4.58. The maximum Gasteiger partial charge on any atom is 0.274 e. The molecule has 0 spiro atoms. The number of amides is 1. The number of carbonyl (C=O) groups excluding carboxylic acids is 1. The molecule has 8 nitrogen and oxygen atoms in total. The minimum atomic E-state index is -0.646. The molecular weight excluding hydrogens is 365 g/mol. The van der Waals surface area contributed by atoms with Gasteiger partial charge in [-0.25, -0.2) is 9.37 Å². The van der Waals surface area contributed by atoms with Gasteiger partial charge in [0.1, 0.15) is 11.3 Å². The number of ether oxygens (including phenoxy) is 1. The smallest absolute Gasteiger partial charge is 0.274 e. The summed E-state index contributed by atoms with van der Waals surface area (Å²) < 4.78 is 26.5. The molecule has 28 heavy (non-hydrogen) atoms. The normalized spacial score (nSPS) is 11.1. The van der Waals surface area contributed by atoms with Gasteiger partial charge in [-0.2, -0.15) is 4.98 Å². The highest BCUT2D eigenvalue weighted by molar-refractivity contribution is 6.03. The van der Waals surface area contributed by atoms with Crippen molar-refractivity contribution in [3.05, 3.63) is 65.7 Å². The average molecular weight is 381 g/mol. The molecule has 142 valence electrons. The molecular formula is C19H16FN5O3. The predicted molar refractivity (Wildman–Crippen MR) is 98.3 cm³/mol. The van der Waals surface area contributed by atoms with Gasteiger partial charge < -0.3 is 14.6 Å². The van der Waals surface area contributed by atoms with Gasteiger partial charge in [0.25, 0.3) is 5.91 Å². The fourth-order valence-electron chi connectivity index (χ4n) is 2.84. The van der Waals surface area contributed by atoms with E-state index in [9.17, 15) is 9.18 Å². The summed E-state index contributed by atoms with van der Waals surface area (Å²) in [6, 6.07) is 8.23. The molecule has 4 aromatic rings. The highest BCUT2D eigenvalue weighted by Crippen LogP contribution is 2.26. The summed E-state index contributed by atoms with van der Waals surface area (Å²) >= 11 is 0. The van der Waals surface area contributed by atoms with Crippen LogP contribution in [-0.2, 0) is 11.3 Å². The number of imidazole rings is 1. The lowest BCUT2D eigenvalue weighted by Crippen LogP contribution is -2.15. The molecule has 4 rings (SSSR count). The van der Waals surface area contributed by atoms with E-state index in [0.29, 0.717) is 18.1 Å². The maximum atomic E-state index is 14.8. The minimum Gasteiger partial charge on any atom is -0.380 e. The van der Waals surface area contributed by atoms with Crippen molar-refractivity contribution in [1.82, 2.24) is 19.5 Å². The first-order valence-electron chi connectivity index (χ1n) is 8.42. The van der Waals surface area contributed by atoms with E-state index in [1.165, 1.54) is 18.3 Å². The van der Waals surface area contributed by atoms with Gasteiger partial charge in [-0.05, 0) is 29.8 Å². The zero-order valence-electron chi connectivity index (χ0n) is 15.1. The molecule has 0 radical (unpaired) electrons. The van der Waals surface area contributed by atoms with E-state index < -0.39 is 11.7 Å². The van der Waals surface area contributed by atoms with Crippen molar-refractivity contribution in [3.63, 3.8) is 0 Å². The van der Waals surface area contributed by atoms with E-state index in [0.717, 1.165) is 5.56 Å². The van der Waals surface area contributed by atoms with Crippen molar-refractivity contribution < 1.29 is 18.4 Å². The lowest BCUT2D eigenvalue weighted by atomic mass is 10.1. The van der Waals surface area contributed by atoms with Crippen LogP contribution >= 0.6 is 0 Å². The fraction of sp³-hybridized carbons (Fsp3) is 0.158. The van der Waals surface area contributed by atoms with Crippen molar-refractivity contribution in [2.24, 2.45) is 0 Å². The lowest BCUT2D eigenvalue weighted by Gasteiger charge is -2.08. The number of hydrogen-bond donors (Lipinski definition) is 1. The van der Waals surface area contributed by atoms with Crippen molar-refractivity contribution in [2.45, 2.75) is 13.5 Å². The van der Waals surface area contributed by atoms with Gasteiger partial charge in [0.2, 0.25) is 11.7 Å². The van der Waals surface area contributed by atoms with Crippen molar-refractivity contribution in [1.29, 1.82) is 0 Å². The predicted octanol–water partition coefficient (Wildman–Crippen LogP) is 3.23. The summed E-state index contributed by atoms with van der Waals surface area (Å²) in [5.74, 6) is -0.700. The number of carbonyl (C=O) groups is 1. The van der Waals surface area contributed by atoms with E-state index >= 15 is 0 Å². The first-order valence-corrected chi connectivity index (χ1v) is 8.42. The molecule has 1 N–H and O–H groups in total. The van der Waals surface area contributed by atoms with E-state index in [2.05, 4.69) is 20.4 Å². The quantitative estimate of drug-likeness (QED) is 0.570. The number of nitrogens with zero attached hydrogens (tertiary/aromatic N) is 4. The monoisotopic (exact) mass is 381 g/mol. The lowest BCUT2D eigenvalue weighted by molar-refractivity contribution is 0.102. The topological polar surface area (TPSA) is 94.6 Å². The van der Waals surface area contributed by atoms with Crippen LogP contribution in [-0.4, -0.2) is 32.5 Å². The van der Waals surface area contributed by atoms with Crippen LogP contribution in [0.25, 0.3) is 17.0 Å². The molecule has 0 fully saturated rings. The number of methoxy groups -OCH3 is 1. The number of aromatic nitrogens is 4. The summed E-state index contributed by atoms with van der Waals surface area (Å²) in [4.78, 5) is 20.9. The molecule has 0 aliphatic heterocycles. The Hall–Kier alpha value is -3.59. The van der Waals surface area contributed by atoms with Crippen molar-refractivity contribution >= 4 is 17.2 Å². The van der Waals surface area contributed by atoms with Crippen LogP contribution in [0.4, 0.5) is 10.1 Å². The van der Waals surface area contributed by atoms with Gasteiger partial charge in [0.05, 0.1) is 24.1 Å². The van der Waals surface area contributed by atoms with Gasteiger partial charge in [-0.3, -0.25) is 9.20 Å². The Morgan fingerprint density at radius 3 is 2.96 bits per heavy atom. The van der Waals surface area contributed by atoms with E-state index in [1.54, 1.807) is 30.7 Å². The summed E-state index contributed by atoms with van der Waals surface area (Å²) in [5.41, 5.74) is 1.95. The van der Waals surface area contributed by atoms with Crippen LogP contribution in [0.15, 0.2) is 47.2 Å². The Morgan fingerprint density at radius 1 is 1.36 bits per heavy atom. The molecule has 0 unspecified atom stereocenters. The van der Waals surface area contributed by atoms with Gasteiger partial charge in [-0.1, -0.05) is 11.2 Å². The first kappa shape index (κ1) is 17.8. The number of pyridine rings is 1. The molecule has 3 aromatic heterocycles. The standard InChI is InChI=1S/C19H16FN5O3/c1-11-22-18(24-28-11)13-4-3-5-14(17(13)20)23-19(26)15-9-21-16-8-12(10-27-2)6-7-25(15)16/h3-9H,10H2,1-2H3,(H,23,26).